The number of halogens is 2. The average molecular weight is 318 g/mol. The first-order valence-electron chi connectivity index (χ1n) is 8.74. The molecule has 22 heavy (non-hydrogen) atoms. The molecule has 2 atom stereocenters. The van der Waals surface area contributed by atoms with Gasteiger partial charge in [-0.2, -0.15) is 8.78 Å². The fourth-order valence-electron chi connectivity index (χ4n) is 3.97. The minimum Gasteiger partial charge on any atom is -0.352 e. The van der Waals surface area contributed by atoms with E-state index in [0.29, 0.717) is 18.3 Å². The molecule has 1 saturated carbocycles. The van der Waals surface area contributed by atoms with Gasteiger partial charge < -0.3 is 14.2 Å². The van der Waals surface area contributed by atoms with Crippen LogP contribution in [0.5, 0.6) is 0 Å². The predicted octanol–water partition coefficient (Wildman–Crippen LogP) is 4.21. The van der Waals surface area contributed by atoms with Crippen molar-refractivity contribution in [3.05, 3.63) is 0 Å². The lowest BCUT2D eigenvalue weighted by Gasteiger charge is -2.42. The number of alkyl halides is 2. The molecule has 2 unspecified atom stereocenters. The number of rotatable bonds is 2. The maximum atomic E-state index is 13.7. The Balaban J connectivity index is 1.47. The van der Waals surface area contributed by atoms with E-state index in [1.54, 1.807) is 6.92 Å². The molecule has 2 saturated heterocycles. The highest BCUT2D eigenvalue weighted by Gasteiger charge is 2.46. The van der Waals surface area contributed by atoms with Crippen LogP contribution in [0.1, 0.15) is 52.4 Å². The van der Waals surface area contributed by atoms with Gasteiger partial charge in [0.1, 0.15) is 0 Å². The Morgan fingerprint density at radius 1 is 0.818 bits per heavy atom. The lowest BCUT2D eigenvalue weighted by Crippen LogP contribution is -2.44. The van der Waals surface area contributed by atoms with Crippen LogP contribution in [-0.2, 0) is 14.2 Å². The highest BCUT2D eigenvalue weighted by Crippen LogP contribution is 2.43. The molecule has 3 nitrogen and oxygen atoms in total. The van der Waals surface area contributed by atoms with Crippen LogP contribution < -0.4 is 0 Å². The summed E-state index contributed by atoms with van der Waals surface area (Å²) in [4.78, 5) is 0. The summed E-state index contributed by atoms with van der Waals surface area (Å²) in [6, 6.07) is 0. The second kappa shape index (κ2) is 6.70. The summed E-state index contributed by atoms with van der Waals surface area (Å²) in [5.41, 5.74) is 0. The quantitative estimate of drug-likeness (QED) is 0.763. The van der Waals surface area contributed by atoms with Gasteiger partial charge in [0.2, 0.25) is 0 Å². The van der Waals surface area contributed by atoms with Gasteiger partial charge in [-0.1, -0.05) is 13.8 Å². The van der Waals surface area contributed by atoms with Crippen molar-refractivity contribution >= 4 is 0 Å². The lowest BCUT2D eigenvalue weighted by molar-refractivity contribution is -0.320. The monoisotopic (exact) mass is 318 g/mol. The van der Waals surface area contributed by atoms with Crippen LogP contribution >= 0.6 is 0 Å². The third kappa shape index (κ3) is 3.62. The molecule has 5 heteroatoms. The van der Waals surface area contributed by atoms with Gasteiger partial charge in [0.25, 0.3) is 0 Å². The summed E-state index contributed by atoms with van der Waals surface area (Å²) in [6.07, 6.45) is 1.87. The molecule has 128 valence electrons. The fourth-order valence-corrected chi connectivity index (χ4v) is 3.97. The molecule has 0 radical (unpaired) electrons. The first-order chi connectivity index (χ1) is 10.5. The highest BCUT2D eigenvalue weighted by atomic mass is 19.3. The van der Waals surface area contributed by atoms with Crippen LogP contribution in [0.4, 0.5) is 8.78 Å². The molecule has 0 aromatic heterocycles. The Morgan fingerprint density at radius 2 is 1.41 bits per heavy atom. The van der Waals surface area contributed by atoms with E-state index >= 15 is 0 Å². The topological polar surface area (TPSA) is 27.7 Å². The second-order valence-corrected chi connectivity index (χ2v) is 7.51. The summed E-state index contributed by atoms with van der Waals surface area (Å²) >= 11 is 0. The summed E-state index contributed by atoms with van der Waals surface area (Å²) < 4.78 is 44.2. The summed E-state index contributed by atoms with van der Waals surface area (Å²) in [5, 5.41) is 0. The van der Waals surface area contributed by atoms with Gasteiger partial charge in [-0.3, -0.25) is 0 Å². The van der Waals surface area contributed by atoms with E-state index in [-0.39, 0.29) is 18.3 Å². The first kappa shape index (κ1) is 16.6. The smallest absolute Gasteiger partial charge is 0.352 e. The Hall–Kier alpha value is -0.260. The molecule has 1 aliphatic carbocycles. The fraction of sp³-hybridized carbons (Fsp3) is 1.00. The predicted molar refractivity (Wildman–Crippen MR) is 78.5 cm³/mol. The lowest BCUT2D eigenvalue weighted by atomic mass is 9.77. The summed E-state index contributed by atoms with van der Waals surface area (Å²) in [6.45, 7) is 5.22. The van der Waals surface area contributed by atoms with Crippen molar-refractivity contribution in [3.63, 3.8) is 0 Å². The van der Waals surface area contributed by atoms with Gasteiger partial charge in [-0.25, -0.2) is 0 Å². The summed E-state index contributed by atoms with van der Waals surface area (Å²) in [7, 11) is 0. The third-order valence-corrected chi connectivity index (χ3v) is 5.58. The highest BCUT2D eigenvalue weighted by molar-refractivity contribution is 4.85. The molecule has 0 aromatic rings. The van der Waals surface area contributed by atoms with Crippen molar-refractivity contribution in [2.75, 3.05) is 13.2 Å². The molecule has 2 aliphatic heterocycles. The van der Waals surface area contributed by atoms with Crippen molar-refractivity contribution in [1.82, 2.24) is 0 Å². The van der Waals surface area contributed by atoms with Crippen LogP contribution in [0.2, 0.25) is 0 Å². The van der Waals surface area contributed by atoms with E-state index in [1.807, 2.05) is 0 Å². The Morgan fingerprint density at radius 3 is 2.00 bits per heavy atom. The molecular formula is C17H28F2O3. The van der Waals surface area contributed by atoms with Crippen LogP contribution in [0.25, 0.3) is 0 Å². The molecule has 0 aromatic carbocycles. The maximum absolute atomic E-state index is 13.7. The third-order valence-electron chi connectivity index (χ3n) is 5.58. The molecule has 3 fully saturated rings. The number of ether oxygens (including phenoxy) is 3. The standard InChI is InChI=1S/C17H28F2O3/c1-11-9-20-16(21-10-11)14-6-4-13(5-7-14)15-8-3-12(2)17(18,19)22-15/h11-16H,3-10H2,1-2H3. The minimum absolute atomic E-state index is 0.0918. The Bertz CT molecular complexity index is 361. The second-order valence-electron chi connectivity index (χ2n) is 7.51. The van der Waals surface area contributed by atoms with E-state index in [2.05, 4.69) is 6.92 Å². The van der Waals surface area contributed by atoms with Crippen molar-refractivity contribution in [2.24, 2.45) is 23.7 Å². The van der Waals surface area contributed by atoms with Crippen LogP contribution in [0, 0.1) is 23.7 Å². The summed E-state index contributed by atoms with van der Waals surface area (Å²) in [5.74, 6) is 0.475. The van der Waals surface area contributed by atoms with E-state index in [0.717, 1.165) is 45.3 Å². The van der Waals surface area contributed by atoms with Crippen LogP contribution in [-0.4, -0.2) is 31.7 Å². The minimum atomic E-state index is -2.95. The molecule has 2 heterocycles. The molecule has 0 N–H and O–H groups in total. The van der Waals surface area contributed by atoms with Gasteiger partial charge in [0.05, 0.1) is 19.3 Å². The van der Waals surface area contributed by atoms with Gasteiger partial charge in [0, 0.05) is 17.8 Å². The molecule has 0 amide bonds. The van der Waals surface area contributed by atoms with Crippen molar-refractivity contribution in [3.8, 4) is 0 Å². The van der Waals surface area contributed by atoms with E-state index in [9.17, 15) is 8.78 Å². The largest absolute Gasteiger partial charge is 0.358 e. The van der Waals surface area contributed by atoms with Gasteiger partial charge in [-0.15, -0.1) is 0 Å². The van der Waals surface area contributed by atoms with Gasteiger partial charge in [0.15, 0.2) is 6.29 Å². The molecule has 3 aliphatic rings. The Kier molecular flexibility index (Phi) is 5.05. The van der Waals surface area contributed by atoms with Gasteiger partial charge in [-0.05, 0) is 44.4 Å². The molecule has 3 rings (SSSR count). The number of hydrogen-bond donors (Lipinski definition) is 0. The molecule has 0 bridgehead atoms. The first-order valence-corrected chi connectivity index (χ1v) is 8.74. The van der Waals surface area contributed by atoms with E-state index < -0.39 is 12.0 Å². The molecular weight excluding hydrogens is 290 g/mol. The average Bonchev–Trinajstić information content (AvgIpc) is 2.51. The van der Waals surface area contributed by atoms with Crippen LogP contribution in [0.3, 0.4) is 0 Å². The number of hydrogen-bond acceptors (Lipinski definition) is 3. The van der Waals surface area contributed by atoms with Gasteiger partial charge >= 0.3 is 6.11 Å². The van der Waals surface area contributed by atoms with Crippen molar-refractivity contribution in [1.29, 1.82) is 0 Å². The zero-order valence-electron chi connectivity index (χ0n) is 13.6. The SMILES string of the molecule is CC1COC(C2CCC(C3CCC(C)C(F)(F)O3)CC2)OC1. The zero-order chi connectivity index (χ0) is 15.7. The maximum Gasteiger partial charge on any atom is 0.358 e. The Labute approximate surface area is 131 Å². The van der Waals surface area contributed by atoms with E-state index in [1.165, 1.54) is 0 Å². The van der Waals surface area contributed by atoms with Crippen molar-refractivity contribution in [2.45, 2.75) is 70.9 Å². The molecule has 0 spiro atoms. The normalized spacial score (nSPS) is 46.4. The van der Waals surface area contributed by atoms with Crippen molar-refractivity contribution < 1.29 is 23.0 Å². The van der Waals surface area contributed by atoms with Crippen LogP contribution in [0.15, 0.2) is 0 Å². The van der Waals surface area contributed by atoms with E-state index in [4.69, 9.17) is 14.2 Å². The zero-order valence-corrected chi connectivity index (χ0v) is 13.6.